The van der Waals surface area contributed by atoms with E-state index in [1.54, 1.807) is 0 Å². The summed E-state index contributed by atoms with van der Waals surface area (Å²) in [6.45, 7) is 12.1. The van der Waals surface area contributed by atoms with Crippen LogP contribution >= 0.6 is 11.3 Å². The van der Waals surface area contributed by atoms with E-state index in [2.05, 4.69) is 70.3 Å². The van der Waals surface area contributed by atoms with Crippen LogP contribution in [0.25, 0.3) is 10.4 Å². The molecule has 0 radical (unpaired) electrons. The number of thiophene rings is 1. The first-order chi connectivity index (χ1) is 9.52. The molecule has 0 saturated heterocycles. The maximum Gasteiger partial charge on any atom is 0.0438 e. The van der Waals surface area contributed by atoms with Crippen LogP contribution in [0, 0.1) is 19.8 Å². The normalized spacial score (nSPS) is 12.9. The minimum atomic E-state index is 0.463. The Morgan fingerprint density at radius 2 is 1.85 bits per heavy atom. The molecule has 2 heteroatoms. The van der Waals surface area contributed by atoms with Crippen molar-refractivity contribution >= 4 is 11.3 Å². The first-order valence-electron chi connectivity index (χ1n) is 7.43. The van der Waals surface area contributed by atoms with E-state index < -0.39 is 0 Å². The average Bonchev–Trinajstić information content (AvgIpc) is 2.84. The predicted octanol–water partition coefficient (Wildman–Crippen LogP) is 5.34. The zero-order valence-electron chi connectivity index (χ0n) is 13.2. The van der Waals surface area contributed by atoms with Gasteiger partial charge in [-0.2, -0.15) is 0 Å². The van der Waals surface area contributed by atoms with Crippen molar-refractivity contribution < 1.29 is 0 Å². The van der Waals surface area contributed by atoms with E-state index in [-0.39, 0.29) is 0 Å². The van der Waals surface area contributed by atoms with Crippen molar-refractivity contribution in [3.05, 3.63) is 46.3 Å². The minimum absolute atomic E-state index is 0.463. The van der Waals surface area contributed by atoms with Crippen LogP contribution in [0.4, 0.5) is 0 Å². The lowest BCUT2D eigenvalue weighted by atomic mass is 10.0. The number of benzene rings is 1. The summed E-state index contributed by atoms with van der Waals surface area (Å²) in [5.74, 6) is 0.612. The Balaban J connectivity index is 2.32. The van der Waals surface area contributed by atoms with Crippen LogP contribution < -0.4 is 5.32 Å². The molecule has 1 nitrogen and oxygen atoms in total. The van der Waals surface area contributed by atoms with Crippen molar-refractivity contribution in [1.29, 1.82) is 0 Å². The van der Waals surface area contributed by atoms with E-state index in [0.717, 1.165) is 6.54 Å². The standard InChI is InChI=1S/C18H25NS/c1-6-19-18(12(2)3)17-10-9-16(20-17)15-8-7-13(4)11-14(15)5/h7-12,18-19H,6H2,1-5H3. The van der Waals surface area contributed by atoms with Crippen molar-refractivity contribution in [2.45, 2.75) is 40.7 Å². The van der Waals surface area contributed by atoms with Gasteiger partial charge in [0.2, 0.25) is 0 Å². The fourth-order valence-electron chi connectivity index (χ4n) is 2.64. The third kappa shape index (κ3) is 3.31. The molecule has 0 aliphatic heterocycles. The van der Waals surface area contributed by atoms with Gasteiger partial charge in [0, 0.05) is 15.8 Å². The van der Waals surface area contributed by atoms with E-state index in [9.17, 15) is 0 Å². The minimum Gasteiger partial charge on any atom is -0.309 e. The van der Waals surface area contributed by atoms with Crippen LogP contribution in [0.2, 0.25) is 0 Å². The number of rotatable bonds is 5. The van der Waals surface area contributed by atoms with Crippen LogP contribution in [-0.4, -0.2) is 6.54 Å². The van der Waals surface area contributed by atoms with Gasteiger partial charge in [-0.05, 0) is 49.6 Å². The van der Waals surface area contributed by atoms with E-state index in [4.69, 9.17) is 0 Å². The summed E-state index contributed by atoms with van der Waals surface area (Å²) in [5.41, 5.74) is 4.06. The molecule has 1 aromatic heterocycles. The SMILES string of the molecule is CCNC(c1ccc(-c2ccc(C)cc2C)s1)C(C)C. The second-order valence-electron chi connectivity index (χ2n) is 5.80. The Hall–Kier alpha value is -1.12. The predicted molar refractivity (Wildman–Crippen MR) is 90.5 cm³/mol. The second kappa shape index (κ2) is 6.55. The molecule has 0 fully saturated rings. The molecular weight excluding hydrogens is 262 g/mol. The van der Waals surface area contributed by atoms with Gasteiger partial charge in [-0.1, -0.05) is 44.5 Å². The molecule has 0 aliphatic carbocycles. The summed E-state index contributed by atoms with van der Waals surface area (Å²) in [6, 6.07) is 11.7. The third-order valence-corrected chi connectivity index (χ3v) is 4.87. The fraction of sp³-hybridized carbons (Fsp3) is 0.444. The first-order valence-corrected chi connectivity index (χ1v) is 8.25. The quantitative estimate of drug-likeness (QED) is 0.783. The maximum absolute atomic E-state index is 3.60. The number of hydrogen-bond acceptors (Lipinski definition) is 2. The van der Waals surface area contributed by atoms with Gasteiger partial charge in [0.15, 0.2) is 0 Å². The van der Waals surface area contributed by atoms with E-state index >= 15 is 0 Å². The highest BCUT2D eigenvalue weighted by molar-refractivity contribution is 7.15. The fourth-order valence-corrected chi connectivity index (χ4v) is 3.99. The molecule has 20 heavy (non-hydrogen) atoms. The molecule has 0 aliphatic rings. The molecule has 1 unspecified atom stereocenters. The van der Waals surface area contributed by atoms with Gasteiger partial charge in [-0.3, -0.25) is 0 Å². The van der Waals surface area contributed by atoms with Crippen molar-refractivity contribution in [2.75, 3.05) is 6.54 Å². The smallest absolute Gasteiger partial charge is 0.0438 e. The zero-order valence-corrected chi connectivity index (χ0v) is 14.0. The monoisotopic (exact) mass is 287 g/mol. The van der Waals surface area contributed by atoms with Crippen molar-refractivity contribution in [3.63, 3.8) is 0 Å². The largest absolute Gasteiger partial charge is 0.309 e. The molecule has 1 aromatic carbocycles. The van der Waals surface area contributed by atoms with Gasteiger partial charge in [0.25, 0.3) is 0 Å². The Morgan fingerprint density at radius 3 is 2.45 bits per heavy atom. The molecule has 1 heterocycles. The topological polar surface area (TPSA) is 12.0 Å². The third-order valence-electron chi connectivity index (χ3n) is 3.67. The van der Waals surface area contributed by atoms with Crippen LogP contribution in [0.1, 0.15) is 42.8 Å². The van der Waals surface area contributed by atoms with E-state index in [1.165, 1.54) is 26.4 Å². The Morgan fingerprint density at radius 1 is 1.10 bits per heavy atom. The summed E-state index contributed by atoms with van der Waals surface area (Å²) >= 11 is 1.92. The summed E-state index contributed by atoms with van der Waals surface area (Å²) < 4.78 is 0. The lowest BCUT2D eigenvalue weighted by Gasteiger charge is -2.20. The Labute approximate surface area is 127 Å². The molecule has 2 rings (SSSR count). The van der Waals surface area contributed by atoms with Crippen molar-refractivity contribution in [2.24, 2.45) is 5.92 Å². The highest BCUT2D eigenvalue weighted by Gasteiger charge is 2.17. The lowest BCUT2D eigenvalue weighted by molar-refractivity contribution is 0.428. The molecule has 1 N–H and O–H groups in total. The number of hydrogen-bond donors (Lipinski definition) is 1. The Kier molecular flexibility index (Phi) is 5.00. The molecule has 0 amide bonds. The van der Waals surface area contributed by atoms with Gasteiger partial charge < -0.3 is 5.32 Å². The van der Waals surface area contributed by atoms with Gasteiger partial charge in [0.05, 0.1) is 0 Å². The maximum atomic E-state index is 3.60. The second-order valence-corrected chi connectivity index (χ2v) is 6.92. The Bertz CT molecular complexity index is 569. The number of aryl methyl sites for hydroxylation is 2. The zero-order chi connectivity index (χ0) is 14.7. The van der Waals surface area contributed by atoms with Gasteiger partial charge in [-0.25, -0.2) is 0 Å². The molecular formula is C18H25NS. The van der Waals surface area contributed by atoms with Gasteiger partial charge in [0.1, 0.15) is 0 Å². The van der Waals surface area contributed by atoms with Crippen LogP contribution in [0.5, 0.6) is 0 Å². The first kappa shape index (κ1) is 15.3. The average molecular weight is 287 g/mol. The van der Waals surface area contributed by atoms with Gasteiger partial charge in [-0.15, -0.1) is 11.3 Å². The molecule has 0 saturated carbocycles. The number of nitrogens with one attached hydrogen (secondary N) is 1. The van der Waals surface area contributed by atoms with Crippen LogP contribution in [0.3, 0.4) is 0 Å². The summed E-state index contributed by atoms with van der Waals surface area (Å²) in [7, 11) is 0. The highest BCUT2D eigenvalue weighted by Crippen LogP contribution is 2.35. The van der Waals surface area contributed by atoms with Crippen LogP contribution in [-0.2, 0) is 0 Å². The summed E-state index contributed by atoms with van der Waals surface area (Å²) in [6.07, 6.45) is 0. The molecule has 108 valence electrons. The van der Waals surface area contributed by atoms with Gasteiger partial charge >= 0.3 is 0 Å². The highest BCUT2D eigenvalue weighted by atomic mass is 32.1. The lowest BCUT2D eigenvalue weighted by Crippen LogP contribution is -2.24. The van der Waals surface area contributed by atoms with E-state index in [0.29, 0.717) is 12.0 Å². The molecule has 0 bridgehead atoms. The molecule has 2 aromatic rings. The summed E-state index contributed by atoms with van der Waals surface area (Å²) in [5, 5.41) is 3.60. The van der Waals surface area contributed by atoms with Crippen molar-refractivity contribution in [1.82, 2.24) is 5.32 Å². The van der Waals surface area contributed by atoms with Crippen molar-refractivity contribution in [3.8, 4) is 10.4 Å². The molecule has 0 spiro atoms. The molecule has 1 atom stereocenters. The van der Waals surface area contributed by atoms with E-state index in [1.807, 2.05) is 11.3 Å². The van der Waals surface area contributed by atoms with Crippen LogP contribution in [0.15, 0.2) is 30.3 Å². The summed E-state index contributed by atoms with van der Waals surface area (Å²) in [4.78, 5) is 2.82.